The van der Waals surface area contributed by atoms with E-state index in [-0.39, 0.29) is 12.6 Å². The predicted octanol–water partition coefficient (Wildman–Crippen LogP) is 0.382. The number of ether oxygens (including phenoxy) is 1. The Morgan fingerprint density at radius 1 is 1.36 bits per heavy atom. The van der Waals surface area contributed by atoms with E-state index in [1.54, 1.807) is 7.11 Å². The Hall–Kier alpha value is -0.120. The lowest BCUT2D eigenvalue weighted by Crippen LogP contribution is -2.37. The lowest BCUT2D eigenvalue weighted by atomic mass is 10.2. The molecule has 3 nitrogen and oxygen atoms in total. The van der Waals surface area contributed by atoms with Crippen LogP contribution in [0.15, 0.2) is 0 Å². The molecule has 0 aromatic carbocycles. The van der Waals surface area contributed by atoms with Gasteiger partial charge in [-0.15, -0.1) is 0 Å². The molecule has 0 saturated carbocycles. The van der Waals surface area contributed by atoms with Gasteiger partial charge in [0.25, 0.3) is 0 Å². The molecule has 2 unspecified atom stereocenters. The van der Waals surface area contributed by atoms with Crippen LogP contribution in [-0.2, 0) is 4.74 Å². The molecule has 0 saturated heterocycles. The molecule has 68 valence electrons. The highest BCUT2D eigenvalue weighted by molar-refractivity contribution is 4.65. The van der Waals surface area contributed by atoms with Crippen molar-refractivity contribution in [3.05, 3.63) is 0 Å². The molecule has 0 spiro atoms. The highest BCUT2D eigenvalue weighted by Crippen LogP contribution is 1.92. The first-order chi connectivity index (χ1) is 5.20. The van der Waals surface area contributed by atoms with Crippen LogP contribution in [0.4, 0.5) is 0 Å². The fourth-order valence-electron chi connectivity index (χ4n) is 0.916. The number of aliphatic hydroxyl groups excluding tert-OH is 1. The smallest absolute Gasteiger partial charge is 0.0582 e. The van der Waals surface area contributed by atoms with Crippen molar-refractivity contribution < 1.29 is 9.84 Å². The number of methoxy groups -OCH3 is 1. The normalized spacial score (nSPS) is 16.4. The van der Waals surface area contributed by atoms with Crippen molar-refractivity contribution >= 4 is 0 Å². The van der Waals surface area contributed by atoms with Crippen LogP contribution < -0.4 is 5.32 Å². The van der Waals surface area contributed by atoms with E-state index in [2.05, 4.69) is 12.2 Å². The number of rotatable bonds is 6. The van der Waals surface area contributed by atoms with Crippen LogP contribution in [0.2, 0.25) is 0 Å². The SMILES string of the molecule is COCCC(C)NC(C)CO. The summed E-state index contributed by atoms with van der Waals surface area (Å²) >= 11 is 0. The van der Waals surface area contributed by atoms with Gasteiger partial charge in [-0.2, -0.15) is 0 Å². The third-order valence-electron chi connectivity index (χ3n) is 1.60. The molecule has 0 radical (unpaired) electrons. The fourth-order valence-corrected chi connectivity index (χ4v) is 0.916. The molecule has 0 aliphatic heterocycles. The van der Waals surface area contributed by atoms with Crippen LogP contribution in [-0.4, -0.2) is 37.5 Å². The molecule has 0 fully saturated rings. The summed E-state index contributed by atoms with van der Waals surface area (Å²) in [5, 5.41) is 11.9. The van der Waals surface area contributed by atoms with Crippen molar-refractivity contribution in [1.29, 1.82) is 0 Å². The molecule has 0 rings (SSSR count). The number of hydrogen-bond donors (Lipinski definition) is 2. The quantitative estimate of drug-likeness (QED) is 0.592. The molecule has 0 aliphatic carbocycles. The molecule has 0 aromatic heterocycles. The summed E-state index contributed by atoms with van der Waals surface area (Å²) in [7, 11) is 1.70. The monoisotopic (exact) mass is 161 g/mol. The van der Waals surface area contributed by atoms with Gasteiger partial charge < -0.3 is 15.2 Å². The second-order valence-corrected chi connectivity index (χ2v) is 2.93. The second-order valence-electron chi connectivity index (χ2n) is 2.93. The third kappa shape index (κ3) is 6.28. The van der Waals surface area contributed by atoms with Crippen LogP contribution >= 0.6 is 0 Å². The van der Waals surface area contributed by atoms with Crippen molar-refractivity contribution in [2.45, 2.75) is 32.4 Å². The van der Waals surface area contributed by atoms with Gasteiger partial charge in [-0.3, -0.25) is 0 Å². The lowest BCUT2D eigenvalue weighted by molar-refractivity contribution is 0.177. The maximum absolute atomic E-state index is 8.72. The summed E-state index contributed by atoms with van der Waals surface area (Å²) in [6.07, 6.45) is 0.987. The zero-order valence-electron chi connectivity index (χ0n) is 7.63. The van der Waals surface area contributed by atoms with E-state index < -0.39 is 0 Å². The van der Waals surface area contributed by atoms with Gasteiger partial charge in [0.05, 0.1) is 6.61 Å². The molecule has 0 heterocycles. The average molecular weight is 161 g/mol. The molecule has 0 amide bonds. The maximum Gasteiger partial charge on any atom is 0.0582 e. The fraction of sp³-hybridized carbons (Fsp3) is 1.00. The van der Waals surface area contributed by atoms with E-state index in [4.69, 9.17) is 9.84 Å². The van der Waals surface area contributed by atoms with Gasteiger partial charge in [0.15, 0.2) is 0 Å². The van der Waals surface area contributed by atoms with Crippen molar-refractivity contribution in [3.63, 3.8) is 0 Å². The standard InChI is InChI=1S/C8H19NO2/c1-7(4-5-11-3)9-8(2)6-10/h7-10H,4-6H2,1-3H3. The first-order valence-corrected chi connectivity index (χ1v) is 4.06. The molecule has 3 heteroatoms. The Kier molecular flexibility index (Phi) is 6.51. The molecule has 0 aliphatic rings. The van der Waals surface area contributed by atoms with Crippen LogP contribution in [0.1, 0.15) is 20.3 Å². The summed E-state index contributed by atoms with van der Waals surface area (Å²) in [5.41, 5.74) is 0. The Morgan fingerprint density at radius 2 is 2.00 bits per heavy atom. The first kappa shape index (κ1) is 10.9. The summed E-state index contributed by atoms with van der Waals surface area (Å²) in [4.78, 5) is 0. The topological polar surface area (TPSA) is 41.5 Å². The van der Waals surface area contributed by atoms with Crippen LogP contribution in [0.3, 0.4) is 0 Å². The van der Waals surface area contributed by atoms with Gasteiger partial charge in [0.1, 0.15) is 0 Å². The van der Waals surface area contributed by atoms with Crippen LogP contribution in [0.5, 0.6) is 0 Å². The van der Waals surface area contributed by atoms with Crippen LogP contribution in [0, 0.1) is 0 Å². The molecule has 2 N–H and O–H groups in total. The minimum atomic E-state index is 0.182. The van der Waals surface area contributed by atoms with E-state index in [0.29, 0.717) is 6.04 Å². The summed E-state index contributed by atoms with van der Waals surface area (Å²) in [6, 6.07) is 0.596. The van der Waals surface area contributed by atoms with Gasteiger partial charge in [0, 0.05) is 25.8 Å². The Bertz CT molecular complexity index is 88.2. The van der Waals surface area contributed by atoms with Crippen LogP contribution in [0.25, 0.3) is 0 Å². The average Bonchev–Trinajstić information content (AvgIpc) is 2.00. The lowest BCUT2D eigenvalue weighted by Gasteiger charge is -2.17. The van der Waals surface area contributed by atoms with E-state index >= 15 is 0 Å². The van der Waals surface area contributed by atoms with Crippen molar-refractivity contribution in [2.75, 3.05) is 20.3 Å². The minimum absolute atomic E-state index is 0.182. The van der Waals surface area contributed by atoms with E-state index in [9.17, 15) is 0 Å². The Labute approximate surface area is 68.8 Å². The molecule has 0 aromatic rings. The summed E-state index contributed by atoms with van der Waals surface area (Å²) in [6.45, 7) is 5.01. The minimum Gasteiger partial charge on any atom is -0.395 e. The number of hydrogen-bond acceptors (Lipinski definition) is 3. The van der Waals surface area contributed by atoms with Gasteiger partial charge in [-0.1, -0.05) is 0 Å². The second kappa shape index (κ2) is 6.58. The van der Waals surface area contributed by atoms with Gasteiger partial charge in [-0.25, -0.2) is 0 Å². The van der Waals surface area contributed by atoms with E-state index in [1.807, 2.05) is 6.92 Å². The zero-order valence-corrected chi connectivity index (χ0v) is 7.63. The molecule has 11 heavy (non-hydrogen) atoms. The molecular formula is C8H19NO2. The van der Waals surface area contributed by atoms with Gasteiger partial charge >= 0.3 is 0 Å². The maximum atomic E-state index is 8.72. The third-order valence-corrected chi connectivity index (χ3v) is 1.60. The summed E-state index contributed by atoms with van der Waals surface area (Å²) < 4.78 is 4.93. The van der Waals surface area contributed by atoms with Crippen molar-refractivity contribution in [2.24, 2.45) is 0 Å². The van der Waals surface area contributed by atoms with Gasteiger partial charge in [-0.05, 0) is 20.3 Å². The van der Waals surface area contributed by atoms with Gasteiger partial charge in [0.2, 0.25) is 0 Å². The van der Waals surface area contributed by atoms with Crippen molar-refractivity contribution in [3.8, 4) is 0 Å². The molecule has 2 atom stereocenters. The highest BCUT2D eigenvalue weighted by atomic mass is 16.5. The zero-order chi connectivity index (χ0) is 8.69. The largest absolute Gasteiger partial charge is 0.395 e. The Morgan fingerprint density at radius 3 is 2.45 bits per heavy atom. The van der Waals surface area contributed by atoms with E-state index in [1.165, 1.54) is 0 Å². The molecular weight excluding hydrogens is 142 g/mol. The van der Waals surface area contributed by atoms with E-state index in [0.717, 1.165) is 13.0 Å². The predicted molar refractivity (Wildman–Crippen MR) is 45.6 cm³/mol. The molecule has 0 bridgehead atoms. The number of aliphatic hydroxyl groups is 1. The van der Waals surface area contributed by atoms with Crippen molar-refractivity contribution in [1.82, 2.24) is 5.32 Å². The highest BCUT2D eigenvalue weighted by Gasteiger charge is 2.04. The summed E-state index contributed by atoms with van der Waals surface area (Å²) in [5.74, 6) is 0. The Balaban J connectivity index is 3.27. The first-order valence-electron chi connectivity index (χ1n) is 4.06. The number of nitrogens with one attached hydrogen (secondary N) is 1.